The molecule has 0 bridgehead atoms. The highest BCUT2D eigenvalue weighted by Gasteiger charge is 2.54. The molecule has 1 aliphatic rings. The van der Waals surface area contributed by atoms with Crippen LogP contribution in [0.5, 0.6) is 0 Å². The number of aliphatic hydroxyl groups is 1. The van der Waals surface area contributed by atoms with Crippen molar-refractivity contribution in [3.63, 3.8) is 0 Å². The number of rotatable bonds is 2. The Bertz CT molecular complexity index is 198. The molecule has 0 aromatic carbocycles. The molecule has 1 aliphatic heterocycles. The molecule has 4 heteroatoms. The van der Waals surface area contributed by atoms with Crippen molar-refractivity contribution in [1.82, 2.24) is 0 Å². The second-order valence-corrected chi connectivity index (χ2v) is 3.94. The summed E-state index contributed by atoms with van der Waals surface area (Å²) in [6.07, 6.45) is 0.517. The predicted octanol–water partition coefficient (Wildman–Crippen LogP) is 0.337. The molecule has 0 spiro atoms. The average molecular weight is 188 g/mol. The topological polar surface area (TPSA) is 55.8 Å². The lowest BCUT2D eigenvalue weighted by molar-refractivity contribution is -0.168. The smallest absolute Gasteiger partial charge is 0.317 e. The third-order valence-electron chi connectivity index (χ3n) is 2.77. The Labute approximate surface area is 77.8 Å². The highest BCUT2D eigenvalue weighted by molar-refractivity contribution is 5.78. The lowest BCUT2D eigenvalue weighted by atomic mass is 9.73. The molecular formula is C9H16O4. The van der Waals surface area contributed by atoms with E-state index in [9.17, 15) is 9.90 Å². The maximum atomic E-state index is 11.5. The summed E-state index contributed by atoms with van der Waals surface area (Å²) in [7, 11) is 1.33. The van der Waals surface area contributed by atoms with E-state index in [2.05, 4.69) is 4.74 Å². The molecule has 4 nitrogen and oxygen atoms in total. The Balaban J connectivity index is 2.94. The summed E-state index contributed by atoms with van der Waals surface area (Å²) in [5, 5.41) is 9.89. The molecule has 0 aromatic heterocycles. The quantitative estimate of drug-likeness (QED) is 0.635. The van der Waals surface area contributed by atoms with E-state index in [0.29, 0.717) is 13.0 Å². The van der Waals surface area contributed by atoms with Gasteiger partial charge in [0, 0.05) is 6.61 Å². The minimum Gasteiger partial charge on any atom is -0.468 e. The second-order valence-electron chi connectivity index (χ2n) is 3.94. The SMILES string of the molecule is COC(=O)C1(C(C)(C)O)CCOC1. The molecular weight excluding hydrogens is 172 g/mol. The molecule has 1 N–H and O–H groups in total. The van der Waals surface area contributed by atoms with Crippen molar-refractivity contribution in [2.45, 2.75) is 25.9 Å². The molecule has 76 valence electrons. The first kappa shape index (κ1) is 10.5. The molecule has 0 saturated carbocycles. The summed E-state index contributed by atoms with van der Waals surface area (Å²) in [5.41, 5.74) is -1.99. The maximum absolute atomic E-state index is 11.5. The zero-order valence-electron chi connectivity index (χ0n) is 8.29. The molecule has 1 rings (SSSR count). The number of ether oxygens (including phenoxy) is 2. The van der Waals surface area contributed by atoms with Crippen molar-refractivity contribution >= 4 is 5.97 Å². The Morgan fingerprint density at radius 2 is 2.23 bits per heavy atom. The van der Waals surface area contributed by atoms with Gasteiger partial charge in [-0.3, -0.25) is 4.79 Å². The molecule has 1 fully saturated rings. The third-order valence-corrected chi connectivity index (χ3v) is 2.77. The van der Waals surface area contributed by atoms with E-state index in [0.717, 1.165) is 0 Å². The Morgan fingerprint density at radius 3 is 2.54 bits per heavy atom. The lowest BCUT2D eigenvalue weighted by Gasteiger charge is -2.35. The van der Waals surface area contributed by atoms with Crippen molar-refractivity contribution in [3.05, 3.63) is 0 Å². The van der Waals surface area contributed by atoms with Crippen LogP contribution >= 0.6 is 0 Å². The molecule has 1 unspecified atom stereocenters. The maximum Gasteiger partial charge on any atom is 0.317 e. The Morgan fingerprint density at radius 1 is 1.62 bits per heavy atom. The summed E-state index contributed by atoms with van der Waals surface area (Å²) < 4.78 is 9.83. The van der Waals surface area contributed by atoms with E-state index in [4.69, 9.17) is 4.74 Å². The van der Waals surface area contributed by atoms with E-state index in [-0.39, 0.29) is 6.61 Å². The first-order valence-electron chi connectivity index (χ1n) is 4.32. The van der Waals surface area contributed by atoms with Gasteiger partial charge in [0.05, 0.1) is 19.3 Å². The molecule has 1 atom stereocenters. The van der Waals surface area contributed by atoms with Gasteiger partial charge in [-0.1, -0.05) is 0 Å². The Kier molecular flexibility index (Phi) is 2.63. The molecule has 0 aliphatic carbocycles. The minimum absolute atomic E-state index is 0.239. The molecule has 1 heterocycles. The summed E-state index contributed by atoms with van der Waals surface area (Å²) in [4.78, 5) is 11.5. The molecule has 1 saturated heterocycles. The first-order valence-corrected chi connectivity index (χ1v) is 4.32. The van der Waals surface area contributed by atoms with Gasteiger partial charge < -0.3 is 14.6 Å². The molecule has 0 amide bonds. The van der Waals surface area contributed by atoms with Crippen molar-refractivity contribution in [3.8, 4) is 0 Å². The van der Waals surface area contributed by atoms with Gasteiger partial charge >= 0.3 is 5.97 Å². The lowest BCUT2D eigenvalue weighted by Crippen LogP contribution is -2.50. The van der Waals surface area contributed by atoms with Gasteiger partial charge in [0.2, 0.25) is 0 Å². The fourth-order valence-electron chi connectivity index (χ4n) is 1.65. The van der Waals surface area contributed by atoms with Gasteiger partial charge in [0.15, 0.2) is 0 Å². The summed E-state index contributed by atoms with van der Waals surface area (Å²) >= 11 is 0. The van der Waals surface area contributed by atoms with Crippen LogP contribution in [-0.2, 0) is 14.3 Å². The summed E-state index contributed by atoms with van der Waals surface area (Å²) in [5.74, 6) is -0.391. The van der Waals surface area contributed by atoms with Crippen LogP contribution < -0.4 is 0 Å². The van der Waals surface area contributed by atoms with Crippen LogP contribution in [0.4, 0.5) is 0 Å². The number of methoxy groups -OCH3 is 1. The fourth-order valence-corrected chi connectivity index (χ4v) is 1.65. The molecule has 13 heavy (non-hydrogen) atoms. The average Bonchev–Trinajstić information content (AvgIpc) is 2.50. The van der Waals surface area contributed by atoms with Crippen LogP contribution in [0.2, 0.25) is 0 Å². The highest BCUT2D eigenvalue weighted by Crippen LogP contribution is 2.40. The standard InChI is InChI=1S/C9H16O4/c1-8(2,11)9(7(10)12-3)4-5-13-6-9/h11H,4-6H2,1-3H3. The minimum atomic E-state index is -1.10. The van der Waals surface area contributed by atoms with Gasteiger partial charge in [-0.05, 0) is 20.3 Å². The van der Waals surface area contributed by atoms with E-state index >= 15 is 0 Å². The van der Waals surface area contributed by atoms with Crippen LogP contribution in [0.25, 0.3) is 0 Å². The normalized spacial score (nSPS) is 28.9. The van der Waals surface area contributed by atoms with E-state index in [1.54, 1.807) is 13.8 Å². The summed E-state index contributed by atoms with van der Waals surface area (Å²) in [6, 6.07) is 0. The van der Waals surface area contributed by atoms with Crippen LogP contribution in [-0.4, -0.2) is 37.0 Å². The van der Waals surface area contributed by atoms with Gasteiger partial charge in [0.25, 0.3) is 0 Å². The van der Waals surface area contributed by atoms with Crippen molar-refractivity contribution < 1.29 is 19.4 Å². The van der Waals surface area contributed by atoms with Gasteiger partial charge in [-0.15, -0.1) is 0 Å². The molecule has 0 aromatic rings. The van der Waals surface area contributed by atoms with Crippen molar-refractivity contribution in [2.75, 3.05) is 20.3 Å². The predicted molar refractivity (Wildman–Crippen MR) is 46.2 cm³/mol. The van der Waals surface area contributed by atoms with E-state index in [1.807, 2.05) is 0 Å². The van der Waals surface area contributed by atoms with Gasteiger partial charge in [-0.25, -0.2) is 0 Å². The Hall–Kier alpha value is -0.610. The van der Waals surface area contributed by atoms with Crippen LogP contribution in [0.3, 0.4) is 0 Å². The zero-order chi connectivity index (χ0) is 10.1. The van der Waals surface area contributed by atoms with Crippen LogP contribution in [0.1, 0.15) is 20.3 Å². The molecule has 0 radical (unpaired) electrons. The van der Waals surface area contributed by atoms with Crippen LogP contribution in [0.15, 0.2) is 0 Å². The summed E-state index contributed by atoms with van der Waals surface area (Å²) in [6.45, 7) is 3.96. The zero-order valence-corrected chi connectivity index (χ0v) is 8.29. The van der Waals surface area contributed by atoms with Gasteiger partial charge in [-0.2, -0.15) is 0 Å². The van der Waals surface area contributed by atoms with E-state index < -0.39 is 17.0 Å². The van der Waals surface area contributed by atoms with Gasteiger partial charge in [0.1, 0.15) is 5.41 Å². The third kappa shape index (κ3) is 1.56. The number of hydrogen-bond acceptors (Lipinski definition) is 4. The van der Waals surface area contributed by atoms with Crippen molar-refractivity contribution in [1.29, 1.82) is 0 Å². The monoisotopic (exact) mass is 188 g/mol. The number of carbonyl (C=O) groups excluding carboxylic acids is 1. The number of carbonyl (C=O) groups is 1. The first-order chi connectivity index (χ1) is 5.94. The van der Waals surface area contributed by atoms with E-state index in [1.165, 1.54) is 7.11 Å². The number of esters is 1. The number of hydrogen-bond donors (Lipinski definition) is 1. The van der Waals surface area contributed by atoms with Crippen LogP contribution in [0, 0.1) is 5.41 Å². The second kappa shape index (κ2) is 3.27. The fraction of sp³-hybridized carbons (Fsp3) is 0.889. The van der Waals surface area contributed by atoms with Crippen molar-refractivity contribution in [2.24, 2.45) is 5.41 Å². The highest BCUT2D eigenvalue weighted by atomic mass is 16.5. The largest absolute Gasteiger partial charge is 0.468 e.